The van der Waals surface area contributed by atoms with Crippen LogP contribution in [0.2, 0.25) is 0 Å². The second-order valence-corrected chi connectivity index (χ2v) is 5.17. The molecular formula is C13H22N2O3. The quantitative estimate of drug-likeness (QED) is 0.751. The number of carbonyl (C=O) groups is 2. The van der Waals surface area contributed by atoms with Crippen LogP contribution in [-0.2, 0) is 14.3 Å². The minimum atomic E-state index is 0.0596. The molecule has 2 aliphatic rings. The molecule has 2 rings (SSSR count). The molecule has 0 aromatic carbocycles. The lowest BCUT2D eigenvalue weighted by Crippen LogP contribution is -2.40. The van der Waals surface area contributed by atoms with Gasteiger partial charge in [0, 0.05) is 25.6 Å². The van der Waals surface area contributed by atoms with E-state index >= 15 is 0 Å². The van der Waals surface area contributed by atoms with Gasteiger partial charge in [-0.2, -0.15) is 0 Å². The van der Waals surface area contributed by atoms with Crippen molar-refractivity contribution < 1.29 is 14.3 Å². The molecule has 2 heterocycles. The van der Waals surface area contributed by atoms with Gasteiger partial charge in [-0.1, -0.05) is 6.42 Å². The summed E-state index contributed by atoms with van der Waals surface area (Å²) in [6.45, 7) is 4.23. The predicted molar refractivity (Wildman–Crippen MR) is 66.8 cm³/mol. The summed E-state index contributed by atoms with van der Waals surface area (Å²) in [7, 11) is 0. The molecule has 1 atom stereocenters. The molecule has 0 saturated carbocycles. The van der Waals surface area contributed by atoms with Crippen molar-refractivity contribution in [3.05, 3.63) is 0 Å². The van der Waals surface area contributed by atoms with Crippen molar-refractivity contribution in [3.63, 3.8) is 0 Å². The fourth-order valence-corrected chi connectivity index (χ4v) is 2.56. The predicted octanol–water partition coefficient (Wildman–Crippen LogP) is 0.984. The summed E-state index contributed by atoms with van der Waals surface area (Å²) >= 11 is 0. The normalized spacial score (nSPS) is 23.4. The van der Waals surface area contributed by atoms with Gasteiger partial charge in [0.15, 0.2) is 0 Å². The molecule has 2 fully saturated rings. The van der Waals surface area contributed by atoms with Gasteiger partial charge in [0.05, 0.1) is 0 Å². The van der Waals surface area contributed by atoms with Crippen LogP contribution in [0, 0.1) is 0 Å². The van der Waals surface area contributed by atoms with E-state index in [-0.39, 0.29) is 24.5 Å². The molecule has 5 heteroatoms. The first-order chi connectivity index (χ1) is 8.68. The standard InChI is InChI=1S/C13H22N2O3/c1-11(6-8-14-10-18-9-13(14)17)15-7-4-2-3-5-12(15)16/h11H,2-10H2,1H3. The third kappa shape index (κ3) is 3.22. The molecule has 0 bridgehead atoms. The monoisotopic (exact) mass is 254 g/mol. The van der Waals surface area contributed by atoms with Gasteiger partial charge >= 0.3 is 0 Å². The Morgan fingerprint density at radius 1 is 1.22 bits per heavy atom. The van der Waals surface area contributed by atoms with Gasteiger partial charge in [0.1, 0.15) is 13.3 Å². The molecule has 2 amide bonds. The van der Waals surface area contributed by atoms with Gasteiger partial charge in [-0.15, -0.1) is 0 Å². The van der Waals surface area contributed by atoms with Crippen LogP contribution < -0.4 is 0 Å². The topological polar surface area (TPSA) is 49.9 Å². The molecule has 5 nitrogen and oxygen atoms in total. The smallest absolute Gasteiger partial charge is 0.250 e. The number of carbonyl (C=O) groups excluding carboxylic acids is 2. The van der Waals surface area contributed by atoms with E-state index in [0.29, 0.717) is 19.7 Å². The molecule has 0 aromatic heterocycles. The third-order valence-corrected chi connectivity index (χ3v) is 3.78. The molecule has 0 aromatic rings. The first-order valence-corrected chi connectivity index (χ1v) is 6.83. The van der Waals surface area contributed by atoms with Crippen molar-refractivity contribution in [2.45, 2.75) is 45.1 Å². The maximum Gasteiger partial charge on any atom is 0.250 e. The van der Waals surface area contributed by atoms with Gasteiger partial charge < -0.3 is 14.5 Å². The largest absolute Gasteiger partial charge is 0.351 e. The highest BCUT2D eigenvalue weighted by atomic mass is 16.5. The van der Waals surface area contributed by atoms with E-state index in [1.165, 1.54) is 0 Å². The van der Waals surface area contributed by atoms with Crippen LogP contribution in [0.4, 0.5) is 0 Å². The third-order valence-electron chi connectivity index (χ3n) is 3.78. The van der Waals surface area contributed by atoms with Crippen LogP contribution in [0.3, 0.4) is 0 Å². The molecule has 1 unspecified atom stereocenters. The number of amides is 2. The Labute approximate surface area is 108 Å². The second-order valence-electron chi connectivity index (χ2n) is 5.17. The fourth-order valence-electron chi connectivity index (χ4n) is 2.56. The van der Waals surface area contributed by atoms with E-state index in [2.05, 4.69) is 6.92 Å². The SMILES string of the molecule is CC(CCN1COCC1=O)N1CCCCCC1=O. The molecule has 18 heavy (non-hydrogen) atoms. The van der Waals surface area contributed by atoms with E-state index in [0.717, 1.165) is 32.2 Å². The summed E-state index contributed by atoms with van der Waals surface area (Å²) in [5, 5.41) is 0. The van der Waals surface area contributed by atoms with Crippen molar-refractivity contribution >= 4 is 11.8 Å². The van der Waals surface area contributed by atoms with E-state index in [1.54, 1.807) is 4.90 Å². The van der Waals surface area contributed by atoms with Gasteiger partial charge in [-0.25, -0.2) is 0 Å². The number of rotatable bonds is 4. The molecule has 2 aliphatic heterocycles. The molecule has 2 saturated heterocycles. The highest BCUT2D eigenvalue weighted by Crippen LogP contribution is 2.16. The summed E-state index contributed by atoms with van der Waals surface area (Å²) in [6.07, 6.45) is 4.77. The van der Waals surface area contributed by atoms with Crippen LogP contribution in [0.25, 0.3) is 0 Å². The van der Waals surface area contributed by atoms with E-state index in [9.17, 15) is 9.59 Å². The Morgan fingerprint density at radius 3 is 2.78 bits per heavy atom. The number of hydrogen-bond acceptors (Lipinski definition) is 3. The van der Waals surface area contributed by atoms with Crippen molar-refractivity contribution in [1.82, 2.24) is 9.80 Å². The summed E-state index contributed by atoms with van der Waals surface area (Å²) in [5.41, 5.74) is 0. The fraction of sp³-hybridized carbons (Fsp3) is 0.846. The minimum Gasteiger partial charge on any atom is -0.351 e. The van der Waals surface area contributed by atoms with Gasteiger partial charge in [0.2, 0.25) is 11.8 Å². The van der Waals surface area contributed by atoms with Crippen molar-refractivity contribution in [3.8, 4) is 0 Å². The maximum absolute atomic E-state index is 11.9. The summed E-state index contributed by atoms with van der Waals surface area (Å²) in [6, 6.07) is 0.212. The molecular weight excluding hydrogens is 232 g/mol. The lowest BCUT2D eigenvalue weighted by atomic mass is 10.2. The van der Waals surface area contributed by atoms with E-state index in [1.807, 2.05) is 4.90 Å². The lowest BCUT2D eigenvalue weighted by molar-refractivity contribution is -0.132. The highest BCUT2D eigenvalue weighted by molar-refractivity contribution is 5.78. The average molecular weight is 254 g/mol. The van der Waals surface area contributed by atoms with Crippen molar-refractivity contribution in [2.75, 3.05) is 26.4 Å². The minimum absolute atomic E-state index is 0.0596. The Morgan fingerprint density at radius 2 is 2.06 bits per heavy atom. The zero-order chi connectivity index (χ0) is 13.0. The molecule has 0 spiro atoms. The Bertz CT molecular complexity index is 319. The van der Waals surface area contributed by atoms with Crippen LogP contribution >= 0.6 is 0 Å². The Balaban J connectivity index is 1.80. The summed E-state index contributed by atoms with van der Waals surface area (Å²) in [5.74, 6) is 0.327. The molecule has 0 aliphatic carbocycles. The Kier molecular flexibility index (Phi) is 4.58. The molecule has 0 N–H and O–H groups in total. The first kappa shape index (κ1) is 13.3. The van der Waals surface area contributed by atoms with Gasteiger partial charge in [-0.3, -0.25) is 9.59 Å². The van der Waals surface area contributed by atoms with Crippen LogP contribution in [0.1, 0.15) is 39.0 Å². The number of hydrogen-bond donors (Lipinski definition) is 0. The lowest BCUT2D eigenvalue weighted by Gasteiger charge is -2.29. The van der Waals surface area contributed by atoms with Crippen LogP contribution in [0.15, 0.2) is 0 Å². The van der Waals surface area contributed by atoms with Crippen LogP contribution in [-0.4, -0.2) is 54.1 Å². The number of nitrogens with zero attached hydrogens (tertiary/aromatic N) is 2. The second kappa shape index (κ2) is 6.18. The zero-order valence-electron chi connectivity index (χ0n) is 11.1. The molecule has 102 valence electrons. The van der Waals surface area contributed by atoms with E-state index in [4.69, 9.17) is 4.74 Å². The number of ether oxygens (including phenoxy) is 1. The van der Waals surface area contributed by atoms with Gasteiger partial charge in [0.25, 0.3) is 0 Å². The number of likely N-dealkylation sites (tertiary alicyclic amines) is 1. The van der Waals surface area contributed by atoms with Gasteiger partial charge in [-0.05, 0) is 26.2 Å². The first-order valence-electron chi connectivity index (χ1n) is 6.83. The average Bonchev–Trinajstić information content (AvgIpc) is 2.63. The van der Waals surface area contributed by atoms with Crippen molar-refractivity contribution in [1.29, 1.82) is 0 Å². The zero-order valence-corrected chi connectivity index (χ0v) is 11.1. The van der Waals surface area contributed by atoms with Crippen molar-refractivity contribution in [2.24, 2.45) is 0 Å². The summed E-state index contributed by atoms with van der Waals surface area (Å²) in [4.78, 5) is 27.0. The summed E-state index contributed by atoms with van der Waals surface area (Å²) < 4.78 is 5.08. The molecule has 0 radical (unpaired) electrons. The van der Waals surface area contributed by atoms with E-state index < -0.39 is 0 Å². The van der Waals surface area contributed by atoms with Crippen LogP contribution in [0.5, 0.6) is 0 Å². The maximum atomic E-state index is 11.9. The Hall–Kier alpha value is -1.10. The highest BCUT2D eigenvalue weighted by Gasteiger charge is 2.25.